The van der Waals surface area contributed by atoms with Gasteiger partial charge in [0.25, 0.3) is 0 Å². The fraction of sp³-hybridized carbons (Fsp3) is 0.400. The molecule has 0 amide bonds. The van der Waals surface area contributed by atoms with Crippen LogP contribution in [-0.2, 0) is 0 Å². The second kappa shape index (κ2) is 4.23. The Morgan fingerprint density at radius 2 is 2.23 bits per heavy atom. The predicted molar refractivity (Wildman–Crippen MR) is 50.2 cm³/mol. The van der Waals surface area contributed by atoms with Crippen LogP contribution in [0.2, 0.25) is 0 Å². The van der Waals surface area contributed by atoms with Crippen molar-refractivity contribution >= 4 is 0 Å². The highest BCUT2D eigenvalue weighted by Crippen LogP contribution is 2.21. The highest BCUT2D eigenvalue weighted by molar-refractivity contribution is 5.30. The zero-order valence-electron chi connectivity index (χ0n) is 7.88. The van der Waals surface area contributed by atoms with Crippen LogP contribution in [-0.4, -0.2) is 7.11 Å². The number of halogens is 1. The summed E-state index contributed by atoms with van der Waals surface area (Å²) < 4.78 is 18.0. The third-order valence-corrected chi connectivity index (χ3v) is 2.04. The first kappa shape index (κ1) is 9.99. The minimum atomic E-state index is -0.357. The van der Waals surface area contributed by atoms with E-state index in [0.717, 1.165) is 12.0 Å². The molecule has 0 heterocycles. The number of hydrogen-bond donors (Lipinski definition) is 1. The van der Waals surface area contributed by atoms with Crippen LogP contribution < -0.4 is 10.5 Å². The van der Waals surface area contributed by atoms with Gasteiger partial charge in [-0.15, -0.1) is 0 Å². The Hall–Kier alpha value is -1.09. The molecule has 0 bridgehead atoms. The molecule has 0 aromatic heterocycles. The monoisotopic (exact) mass is 183 g/mol. The zero-order chi connectivity index (χ0) is 9.84. The van der Waals surface area contributed by atoms with Gasteiger partial charge >= 0.3 is 0 Å². The number of ether oxygens (including phenoxy) is 1. The highest BCUT2D eigenvalue weighted by Gasteiger charge is 2.07. The van der Waals surface area contributed by atoms with Crippen molar-refractivity contribution in [2.75, 3.05) is 7.11 Å². The van der Waals surface area contributed by atoms with Gasteiger partial charge in [-0.2, -0.15) is 0 Å². The van der Waals surface area contributed by atoms with Crippen molar-refractivity contribution in [3.05, 3.63) is 29.6 Å². The topological polar surface area (TPSA) is 35.2 Å². The van der Waals surface area contributed by atoms with Crippen LogP contribution in [0, 0.1) is 5.82 Å². The number of hydrogen-bond acceptors (Lipinski definition) is 2. The van der Waals surface area contributed by atoms with Gasteiger partial charge in [0.1, 0.15) is 0 Å². The number of methoxy groups -OCH3 is 1. The molecule has 0 saturated heterocycles. The van der Waals surface area contributed by atoms with Gasteiger partial charge in [-0.1, -0.05) is 13.0 Å². The van der Waals surface area contributed by atoms with E-state index in [1.807, 2.05) is 6.92 Å². The predicted octanol–water partition coefficient (Wildman–Crippen LogP) is 2.24. The Morgan fingerprint density at radius 1 is 1.54 bits per heavy atom. The van der Waals surface area contributed by atoms with Gasteiger partial charge in [0.05, 0.1) is 7.11 Å². The average Bonchev–Trinajstić information content (AvgIpc) is 2.16. The van der Waals surface area contributed by atoms with E-state index in [-0.39, 0.29) is 17.6 Å². The molecular weight excluding hydrogens is 169 g/mol. The summed E-state index contributed by atoms with van der Waals surface area (Å²) in [6.45, 7) is 1.97. The molecule has 1 atom stereocenters. The number of rotatable bonds is 3. The van der Waals surface area contributed by atoms with Crippen LogP contribution in [0.3, 0.4) is 0 Å². The summed E-state index contributed by atoms with van der Waals surface area (Å²) in [4.78, 5) is 0. The molecule has 0 radical (unpaired) electrons. The number of nitrogens with two attached hydrogens (primary N) is 1. The Bertz CT molecular complexity index is 288. The maximum atomic E-state index is 13.2. The van der Waals surface area contributed by atoms with Gasteiger partial charge in [0.2, 0.25) is 0 Å². The summed E-state index contributed by atoms with van der Waals surface area (Å²) in [5, 5.41) is 0. The van der Waals surface area contributed by atoms with Crippen molar-refractivity contribution in [1.29, 1.82) is 0 Å². The molecule has 0 saturated carbocycles. The lowest BCUT2D eigenvalue weighted by Crippen LogP contribution is -2.08. The van der Waals surface area contributed by atoms with E-state index in [4.69, 9.17) is 10.5 Å². The normalized spacial score (nSPS) is 12.6. The van der Waals surface area contributed by atoms with E-state index in [1.54, 1.807) is 12.1 Å². The van der Waals surface area contributed by atoms with Crippen LogP contribution in [0.15, 0.2) is 18.2 Å². The van der Waals surface area contributed by atoms with Crippen LogP contribution >= 0.6 is 0 Å². The second-order valence-electron chi connectivity index (χ2n) is 2.91. The molecule has 0 fully saturated rings. The molecule has 2 N–H and O–H groups in total. The fourth-order valence-electron chi connectivity index (χ4n) is 1.15. The maximum Gasteiger partial charge on any atom is 0.165 e. The lowest BCUT2D eigenvalue weighted by atomic mass is 10.1. The van der Waals surface area contributed by atoms with Crippen molar-refractivity contribution in [3.63, 3.8) is 0 Å². The summed E-state index contributed by atoms with van der Waals surface area (Å²) in [6, 6.07) is 4.71. The van der Waals surface area contributed by atoms with Gasteiger partial charge in [0.15, 0.2) is 11.6 Å². The number of benzene rings is 1. The lowest BCUT2D eigenvalue weighted by Gasteiger charge is -2.10. The molecule has 0 aliphatic rings. The van der Waals surface area contributed by atoms with Crippen molar-refractivity contribution < 1.29 is 9.13 Å². The molecule has 72 valence electrons. The third kappa shape index (κ3) is 2.18. The van der Waals surface area contributed by atoms with E-state index in [0.29, 0.717) is 0 Å². The molecule has 13 heavy (non-hydrogen) atoms. The Morgan fingerprint density at radius 3 is 2.69 bits per heavy atom. The summed E-state index contributed by atoms with van der Waals surface area (Å²) in [5.41, 5.74) is 6.55. The second-order valence-corrected chi connectivity index (χ2v) is 2.91. The Kier molecular flexibility index (Phi) is 3.25. The van der Waals surface area contributed by atoms with Crippen molar-refractivity contribution in [2.24, 2.45) is 5.73 Å². The maximum absolute atomic E-state index is 13.2. The zero-order valence-corrected chi connectivity index (χ0v) is 7.88. The summed E-state index contributed by atoms with van der Waals surface area (Å²) in [6.07, 6.45) is 0.797. The van der Waals surface area contributed by atoms with Crippen LogP contribution in [0.25, 0.3) is 0 Å². The van der Waals surface area contributed by atoms with Gasteiger partial charge < -0.3 is 10.5 Å². The quantitative estimate of drug-likeness (QED) is 0.780. The average molecular weight is 183 g/mol. The van der Waals surface area contributed by atoms with E-state index < -0.39 is 0 Å². The Balaban J connectivity index is 2.95. The first-order chi connectivity index (χ1) is 6.19. The summed E-state index contributed by atoms with van der Waals surface area (Å²) in [5.74, 6) is -0.101. The lowest BCUT2D eigenvalue weighted by molar-refractivity contribution is 0.386. The molecule has 3 heteroatoms. The van der Waals surface area contributed by atoms with Gasteiger partial charge in [-0.05, 0) is 24.1 Å². The molecule has 0 aliphatic heterocycles. The first-order valence-electron chi connectivity index (χ1n) is 4.28. The minimum absolute atomic E-state index is 0.0968. The fourth-order valence-corrected chi connectivity index (χ4v) is 1.15. The standard InChI is InChI=1S/C10H14FNO/c1-3-9(12)7-4-5-10(13-2)8(11)6-7/h4-6,9H,3,12H2,1-2H3. The van der Waals surface area contributed by atoms with Crippen molar-refractivity contribution in [1.82, 2.24) is 0 Å². The minimum Gasteiger partial charge on any atom is -0.494 e. The van der Waals surface area contributed by atoms with Crippen molar-refractivity contribution in [2.45, 2.75) is 19.4 Å². The molecule has 0 aliphatic carbocycles. The van der Waals surface area contributed by atoms with E-state index in [2.05, 4.69) is 0 Å². The molecule has 1 aromatic carbocycles. The molecule has 1 aromatic rings. The SMILES string of the molecule is CCC(N)c1ccc(OC)c(F)c1. The van der Waals surface area contributed by atoms with Gasteiger partial charge in [0, 0.05) is 6.04 Å². The van der Waals surface area contributed by atoms with E-state index >= 15 is 0 Å². The largest absolute Gasteiger partial charge is 0.494 e. The van der Waals surface area contributed by atoms with E-state index in [1.165, 1.54) is 13.2 Å². The van der Waals surface area contributed by atoms with Crippen molar-refractivity contribution in [3.8, 4) is 5.75 Å². The summed E-state index contributed by atoms with van der Waals surface area (Å²) >= 11 is 0. The van der Waals surface area contributed by atoms with Gasteiger partial charge in [-0.3, -0.25) is 0 Å². The third-order valence-electron chi connectivity index (χ3n) is 2.04. The van der Waals surface area contributed by atoms with Crippen LogP contribution in [0.5, 0.6) is 5.75 Å². The first-order valence-corrected chi connectivity index (χ1v) is 4.28. The molecular formula is C10H14FNO. The van der Waals surface area contributed by atoms with Crippen LogP contribution in [0.1, 0.15) is 24.9 Å². The Labute approximate surface area is 77.5 Å². The highest BCUT2D eigenvalue weighted by atomic mass is 19.1. The molecule has 2 nitrogen and oxygen atoms in total. The summed E-state index contributed by atoms with van der Waals surface area (Å²) in [7, 11) is 1.44. The smallest absolute Gasteiger partial charge is 0.165 e. The van der Waals surface area contributed by atoms with Crippen LogP contribution in [0.4, 0.5) is 4.39 Å². The molecule has 1 rings (SSSR count). The molecule has 0 spiro atoms. The van der Waals surface area contributed by atoms with Gasteiger partial charge in [-0.25, -0.2) is 4.39 Å². The van der Waals surface area contributed by atoms with E-state index in [9.17, 15) is 4.39 Å². The molecule has 1 unspecified atom stereocenters.